The highest BCUT2D eigenvalue weighted by molar-refractivity contribution is 5.96. The van der Waals surface area contributed by atoms with E-state index >= 15 is 0 Å². The van der Waals surface area contributed by atoms with Crippen molar-refractivity contribution >= 4 is 11.6 Å². The van der Waals surface area contributed by atoms with Crippen LogP contribution in [0, 0.1) is 6.92 Å². The average Bonchev–Trinajstić information content (AvgIpc) is 2.31. The fourth-order valence-corrected chi connectivity index (χ4v) is 2.36. The van der Waals surface area contributed by atoms with Gasteiger partial charge in [-0.05, 0) is 27.0 Å². The average molecular weight is 248 g/mol. The molecule has 0 saturated carbocycles. The molecule has 2 rings (SSSR count). The molecule has 98 valence electrons. The Hall–Kier alpha value is -1.62. The second kappa shape index (κ2) is 4.94. The number of aryl methyl sites for hydroxylation is 1. The van der Waals surface area contributed by atoms with Gasteiger partial charge in [-0.15, -0.1) is 0 Å². The van der Waals surface area contributed by atoms with Crippen molar-refractivity contribution in [2.45, 2.75) is 19.9 Å². The van der Waals surface area contributed by atoms with E-state index in [1.165, 1.54) is 0 Å². The third-order valence-corrected chi connectivity index (χ3v) is 3.43. The summed E-state index contributed by atoms with van der Waals surface area (Å²) in [6, 6.07) is 1.94. The van der Waals surface area contributed by atoms with Crippen molar-refractivity contribution in [3.8, 4) is 0 Å². The summed E-state index contributed by atoms with van der Waals surface area (Å²) in [6.07, 6.45) is 1.58. The number of hydrogen-bond acceptors (Lipinski definition) is 4. The minimum atomic E-state index is 0.0351. The molecule has 2 heterocycles. The van der Waals surface area contributed by atoms with Crippen LogP contribution in [-0.4, -0.2) is 53.4 Å². The number of aromatic nitrogens is 1. The Kier molecular flexibility index (Phi) is 3.52. The van der Waals surface area contributed by atoms with Gasteiger partial charge in [0.1, 0.15) is 0 Å². The Labute approximate surface area is 108 Å². The maximum absolute atomic E-state index is 12.5. The van der Waals surface area contributed by atoms with Gasteiger partial charge in [-0.2, -0.15) is 0 Å². The van der Waals surface area contributed by atoms with Gasteiger partial charge < -0.3 is 15.5 Å². The normalized spacial score (nSPS) is 21.1. The number of anilines is 1. The summed E-state index contributed by atoms with van der Waals surface area (Å²) in [5.74, 6) is 0.0351. The van der Waals surface area contributed by atoms with E-state index in [0.717, 1.165) is 25.3 Å². The second-order valence-corrected chi connectivity index (χ2v) is 5.01. The molecule has 5 heteroatoms. The van der Waals surface area contributed by atoms with Gasteiger partial charge in [-0.3, -0.25) is 9.78 Å². The molecule has 5 nitrogen and oxygen atoms in total. The van der Waals surface area contributed by atoms with Gasteiger partial charge in [0.15, 0.2) is 0 Å². The Balaban J connectivity index is 2.23. The maximum Gasteiger partial charge on any atom is 0.256 e. The Morgan fingerprint density at radius 2 is 2.22 bits per heavy atom. The summed E-state index contributed by atoms with van der Waals surface area (Å²) >= 11 is 0. The Morgan fingerprint density at radius 3 is 2.89 bits per heavy atom. The molecule has 0 radical (unpaired) electrons. The quantitative estimate of drug-likeness (QED) is 0.796. The molecule has 2 N–H and O–H groups in total. The minimum Gasteiger partial charge on any atom is -0.397 e. The standard InChI is InChI=1S/C13H20N4O/c1-9-8-16(3)4-5-17(9)13(18)12-6-11(14)7-15-10(12)2/h6-7,9H,4-5,8,14H2,1-3H3. The van der Waals surface area contributed by atoms with Crippen LogP contribution in [0.3, 0.4) is 0 Å². The molecule has 1 aromatic rings. The van der Waals surface area contributed by atoms with Crippen LogP contribution in [0.5, 0.6) is 0 Å². The van der Waals surface area contributed by atoms with E-state index in [9.17, 15) is 4.79 Å². The predicted molar refractivity (Wildman–Crippen MR) is 71.4 cm³/mol. The number of amides is 1. The maximum atomic E-state index is 12.5. The zero-order valence-electron chi connectivity index (χ0n) is 11.2. The van der Waals surface area contributed by atoms with Crippen molar-refractivity contribution in [3.05, 3.63) is 23.5 Å². The fraction of sp³-hybridized carbons (Fsp3) is 0.538. The first-order valence-corrected chi connectivity index (χ1v) is 6.20. The van der Waals surface area contributed by atoms with Crippen molar-refractivity contribution in [2.24, 2.45) is 0 Å². The number of nitrogens with two attached hydrogens (primary N) is 1. The van der Waals surface area contributed by atoms with Crippen LogP contribution >= 0.6 is 0 Å². The number of carbonyl (C=O) groups excluding carboxylic acids is 1. The molecule has 0 bridgehead atoms. The lowest BCUT2D eigenvalue weighted by Crippen LogP contribution is -2.52. The molecule has 1 aromatic heterocycles. The molecule has 0 spiro atoms. The number of rotatable bonds is 1. The monoisotopic (exact) mass is 248 g/mol. The molecule has 1 atom stereocenters. The summed E-state index contributed by atoms with van der Waals surface area (Å²) in [7, 11) is 2.08. The lowest BCUT2D eigenvalue weighted by atomic mass is 10.1. The van der Waals surface area contributed by atoms with Crippen LogP contribution in [0.1, 0.15) is 23.0 Å². The van der Waals surface area contributed by atoms with Gasteiger partial charge in [0.05, 0.1) is 23.1 Å². The number of nitrogens with zero attached hydrogens (tertiary/aromatic N) is 3. The minimum absolute atomic E-state index is 0.0351. The number of pyridine rings is 1. The zero-order valence-corrected chi connectivity index (χ0v) is 11.2. The van der Waals surface area contributed by atoms with Gasteiger partial charge in [0.25, 0.3) is 5.91 Å². The van der Waals surface area contributed by atoms with E-state index in [-0.39, 0.29) is 11.9 Å². The highest BCUT2D eigenvalue weighted by Crippen LogP contribution is 2.16. The summed E-state index contributed by atoms with van der Waals surface area (Å²) in [4.78, 5) is 20.8. The molecular weight excluding hydrogens is 228 g/mol. The third-order valence-electron chi connectivity index (χ3n) is 3.43. The first-order valence-electron chi connectivity index (χ1n) is 6.20. The molecule has 1 fully saturated rings. The first kappa shape index (κ1) is 12.8. The van der Waals surface area contributed by atoms with Gasteiger partial charge in [-0.1, -0.05) is 0 Å². The van der Waals surface area contributed by atoms with Crippen LogP contribution in [0.4, 0.5) is 5.69 Å². The smallest absolute Gasteiger partial charge is 0.256 e. The molecule has 1 aliphatic heterocycles. The summed E-state index contributed by atoms with van der Waals surface area (Å²) in [6.45, 7) is 6.48. The summed E-state index contributed by atoms with van der Waals surface area (Å²) < 4.78 is 0. The molecule has 0 aromatic carbocycles. The van der Waals surface area contributed by atoms with Crippen molar-refractivity contribution in [1.82, 2.24) is 14.8 Å². The molecular formula is C13H20N4O. The molecule has 1 saturated heterocycles. The molecule has 0 aliphatic carbocycles. The Morgan fingerprint density at radius 1 is 1.50 bits per heavy atom. The van der Waals surface area contributed by atoms with Gasteiger partial charge in [-0.25, -0.2) is 0 Å². The highest BCUT2D eigenvalue weighted by Gasteiger charge is 2.27. The van der Waals surface area contributed by atoms with Gasteiger partial charge in [0, 0.05) is 25.7 Å². The van der Waals surface area contributed by atoms with E-state index in [2.05, 4.69) is 23.9 Å². The highest BCUT2D eigenvalue weighted by atomic mass is 16.2. The van der Waals surface area contributed by atoms with E-state index in [0.29, 0.717) is 11.3 Å². The largest absolute Gasteiger partial charge is 0.397 e. The Bertz CT molecular complexity index is 460. The molecule has 1 aliphatic rings. The SMILES string of the molecule is Cc1ncc(N)cc1C(=O)N1CCN(C)CC1C. The van der Waals surface area contributed by atoms with Gasteiger partial charge >= 0.3 is 0 Å². The topological polar surface area (TPSA) is 62.5 Å². The van der Waals surface area contributed by atoms with Crippen LogP contribution in [0.15, 0.2) is 12.3 Å². The van der Waals surface area contributed by atoms with Gasteiger partial charge in [0.2, 0.25) is 0 Å². The molecule has 1 amide bonds. The van der Waals surface area contributed by atoms with Crippen molar-refractivity contribution in [1.29, 1.82) is 0 Å². The number of piperazine rings is 1. The predicted octanol–water partition coefficient (Wildman–Crippen LogP) is 0.748. The lowest BCUT2D eigenvalue weighted by Gasteiger charge is -2.38. The summed E-state index contributed by atoms with van der Waals surface area (Å²) in [5.41, 5.74) is 7.60. The van der Waals surface area contributed by atoms with E-state index < -0.39 is 0 Å². The van der Waals surface area contributed by atoms with Crippen molar-refractivity contribution in [2.75, 3.05) is 32.4 Å². The van der Waals surface area contributed by atoms with Crippen molar-refractivity contribution < 1.29 is 4.79 Å². The first-order chi connectivity index (χ1) is 8.49. The number of hydrogen-bond donors (Lipinski definition) is 1. The third kappa shape index (κ3) is 2.46. The van der Waals surface area contributed by atoms with Crippen LogP contribution in [-0.2, 0) is 0 Å². The van der Waals surface area contributed by atoms with E-state index in [4.69, 9.17) is 5.73 Å². The number of likely N-dealkylation sites (N-methyl/N-ethyl adjacent to an activating group) is 1. The molecule has 18 heavy (non-hydrogen) atoms. The summed E-state index contributed by atoms with van der Waals surface area (Å²) in [5, 5.41) is 0. The lowest BCUT2D eigenvalue weighted by molar-refractivity contribution is 0.0532. The van der Waals surface area contributed by atoms with Crippen LogP contribution in [0.25, 0.3) is 0 Å². The van der Waals surface area contributed by atoms with E-state index in [1.807, 2.05) is 11.8 Å². The molecule has 1 unspecified atom stereocenters. The van der Waals surface area contributed by atoms with Crippen LogP contribution < -0.4 is 5.73 Å². The second-order valence-electron chi connectivity index (χ2n) is 5.01. The number of nitrogen functional groups attached to an aromatic ring is 1. The van der Waals surface area contributed by atoms with Crippen LogP contribution in [0.2, 0.25) is 0 Å². The fourth-order valence-electron chi connectivity index (χ4n) is 2.36. The zero-order chi connectivity index (χ0) is 13.3. The van der Waals surface area contributed by atoms with Crippen molar-refractivity contribution in [3.63, 3.8) is 0 Å². The van der Waals surface area contributed by atoms with E-state index in [1.54, 1.807) is 12.3 Å². The number of carbonyl (C=O) groups is 1.